The zero-order valence-corrected chi connectivity index (χ0v) is 10.3. The molecule has 0 aliphatic heterocycles. The SMILES string of the molecule is CCC(O)C(O)c1c(C)cc(C)cc1OC. The standard InChI is InChI=1S/C13H20O3/c1-5-10(14)13(15)12-9(3)6-8(2)7-11(12)16-4/h6-7,10,13-15H,5H2,1-4H3. The summed E-state index contributed by atoms with van der Waals surface area (Å²) < 4.78 is 5.25. The van der Waals surface area contributed by atoms with E-state index in [1.807, 2.05) is 32.9 Å². The van der Waals surface area contributed by atoms with Gasteiger partial charge >= 0.3 is 0 Å². The highest BCUT2D eigenvalue weighted by Crippen LogP contribution is 2.32. The van der Waals surface area contributed by atoms with Gasteiger partial charge in [-0.05, 0) is 37.5 Å². The summed E-state index contributed by atoms with van der Waals surface area (Å²) in [5.41, 5.74) is 2.70. The van der Waals surface area contributed by atoms with Gasteiger partial charge in [0, 0.05) is 5.56 Å². The van der Waals surface area contributed by atoms with Gasteiger partial charge in [-0.2, -0.15) is 0 Å². The van der Waals surface area contributed by atoms with E-state index in [1.165, 1.54) is 0 Å². The number of hydrogen-bond donors (Lipinski definition) is 2. The zero-order chi connectivity index (χ0) is 12.3. The average molecular weight is 224 g/mol. The molecule has 2 unspecified atom stereocenters. The van der Waals surface area contributed by atoms with Crippen molar-refractivity contribution in [1.82, 2.24) is 0 Å². The van der Waals surface area contributed by atoms with Crippen molar-refractivity contribution in [3.05, 3.63) is 28.8 Å². The molecule has 0 bridgehead atoms. The molecule has 1 aromatic rings. The smallest absolute Gasteiger partial charge is 0.125 e. The van der Waals surface area contributed by atoms with Crippen molar-refractivity contribution in [2.45, 2.75) is 39.4 Å². The van der Waals surface area contributed by atoms with E-state index in [0.717, 1.165) is 11.1 Å². The molecule has 3 heteroatoms. The molecule has 0 saturated carbocycles. The fourth-order valence-corrected chi connectivity index (χ4v) is 1.90. The minimum Gasteiger partial charge on any atom is -0.496 e. The van der Waals surface area contributed by atoms with Gasteiger partial charge < -0.3 is 14.9 Å². The Balaban J connectivity index is 3.20. The van der Waals surface area contributed by atoms with Crippen LogP contribution in [0.5, 0.6) is 5.75 Å². The number of benzene rings is 1. The van der Waals surface area contributed by atoms with Crippen LogP contribution < -0.4 is 4.74 Å². The maximum absolute atomic E-state index is 10.0. The van der Waals surface area contributed by atoms with Crippen LogP contribution in [0.2, 0.25) is 0 Å². The summed E-state index contributed by atoms with van der Waals surface area (Å²) in [6.07, 6.45) is -1.13. The Kier molecular flexibility index (Phi) is 4.33. The van der Waals surface area contributed by atoms with Crippen LogP contribution in [0.3, 0.4) is 0 Å². The van der Waals surface area contributed by atoms with E-state index < -0.39 is 12.2 Å². The number of aryl methyl sites for hydroxylation is 2. The number of ether oxygens (including phenoxy) is 1. The normalized spacial score (nSPS) is 14.6. The molecule has 0 spiro atoms. The third kappa shape index (κ3) is 2.54. The molecular weight excluding hydrogens is 204 g/mol. The highest BCUT2D eigenvalue weighted by Gasteiger charge is 2.22. The van der Waals surface area contributed by atoms with Crippen LogP contribution in [0.4, 0.5) is 0 Å². The molecule has 0 radical (unpaired) electrons. The van der Waals surface area contributed by atoms with Gasteiger partial charge in [0.25, 0.3) is 0 Å². The molecule has 2 atom stereocenters. The molecular formula is C13H20O3. The Morgan fingerprint density at radius 3 is 2.38 bits per heavy atom. The monoisotopic (exact) mass is 224 g/mol. The minimum absolute atomic E-state index is 0.512. The predicted molar refractivity (Wildman–Crippen MR) is 63.7 cm³/mol. The maximum atomic E-state index is 10.0. The lowest BCUT2D eigenvalue weighted by molar-refractivity contribution is 0.0147. The first kappa shape index (κ1) is 13.0. The summed E-state index contributed by atoms with van der Waals surface area (Å²) in [6, 6.07) is 3.84. The summed E-state index contributed by atoms with van der Waals surface area (Å²) in [4.78, 5) is 0. The Morgan fingerprint density at radius 2 is 1.88 bits per heavy atom. The second-order valence-corrected chi connectivity index (χ2v) is 4.12. The van der Waals surface area contributed by atoms with Gasteiger partial charge in [0.05, 0.1) is 13.2 Å². The van der Waals surface area contributed by atoms with Crippen LogP contribution in [0, 0.1) is 13.8 Å². The third-order valence-corrected chi connectivity index (χ3v) is 2.79. The lowest BCUT2D eigenvalue weighted by Gasteiger charge is -2.21. The van der Waals surface area contributed by atoms with Crippen molar-refractivity contribution in [1.29, 1.82) is 0 Å². The second kappa shape index (κ2) is 5.32. The highest BCUT2D eigenvalue weighted by atomic mass is 16.5. The third-order valence-electron chi connectivity index (χ3n) is 2.79. The van der Waals surface area contributed by atoms with Gasteiger partial charge in [-0.25, -0.2) is 0 Å². The number of aliphatic hydroxyl groups excluding tert-OH is 2. The maximum Gasteiger partial charge on any atom is 0.125 e. The van der Waals surface area contributed by atoms with E-state index in [9.17, 15) is 10.2 Å². The van der Waals surface area contributed by atoms with Gasteiger partial charge in [0.2, 0.25) is 0 Å². The van der Waals surface area contributed by atoms with E-state index >= 15 is 0 Å². The Bertz CT molecular complexity index is 360. The van der Waals surface area contributed by atoms with Crippen LogP contribution >= 0.6 is 0 Å². The van der Waals surface area contributed by atoms with Crippen LogP contribution in [-0.2, 0) is 0 Å². The zero-order valence-electron chi connectivity index (χ0n) is 10.3. The Morgan fingerprint density at radius 1 is 1.25 bits per heavy atom. The number of aliphatic hydroxyl groups is 2. The largest absolute Gasteiger partial charge is 0.496 e. The van der Waals surface area contributed by atoms with Crippen LogP contribution in [0.15, 0.2) is 12.1 Å². The van der Waals surface area contributed by atoms with E-state index in [-0.39, 0.29) is 0 Å². The van der Waals surface area contributed by atoms with Crippen molar-refractivity contribution in [2.24, 2.45) is 0 Å². The first-order chi connectivity index (χ1) is 7.51. The predicted octanol–water partition coefficient (Wildman–Crippen LogP) is 2.12. The molecule has 3 nitrogen and oxygen atoms in total. The summed E-state index contributed by atoms with van der Waals surface area (Å²) >= 11 is 0. The summed E-state index contributed by atoms with van der Waals surface area (Å²) in [7, 11) is 1.57. The van der Waals surface area contributed by atoms with Gasteiger partial charge in [0.15, 0.2) is 0 Å². The van der Waals surface area contributed by atoms with Crippen molar-refractivity contribution in [2.75, 3.05) is 7.11 Å². The van der Waals surface area contributed by atoms with Gasteiger partial charge in [-0.3, -0.25) is 0 Å². The molecule has 0 amide bonds. The van der Waals surface area contributed by atoms with E-state index in [0.29, 0.717) is 17.7 Å². The highest BCUT2D eigenvalue weighted by molar-refractivity contribution is 5.44. The molecule has 1 rings (SSSR count). The van der Waals surface area contributed by atoms with E-state index in [1.54, 1.807) is 7.11 Å². The number of hydrogen-bond acceptors (Lipinski definition) is 3. The number of rotatable bonds is 4. The van der Waals surface area contributed by atoms with Crippen molar-refractivity contribution >= 4 is 0 Å². The van der Waals surface area contributed by atoms with Crippen molar-refractivity contribution in [3.63, 3.8) is 0 Å². The Hall–Kier alpha value is -1.06. The first-order valence-corrected chi connectivity index (χ1v) is 5.52. The van der Waals surface area contributed by atoms with Crippen LogP contribution in [0.1, 0.15) is 36.1 Å². The van der Waals surface area contributed by atoms with E-state index in [4.69, 9.17) is 4.74 Å². The number of methoxy groups -OCH3 is 1. The second-order valence-electron chi connectivity index (χ2n) is 4.12. The van der Waals surface area contributed by atoms with Crippen LogP contribution in [0.25, 0.3) is 0 Å². The molecule has 0 fully saturated rings. The van der Waals surface area contributed by atoms with Crippen LogP contribution in [-0.4, -0.2) is 23.4 Å². The minimum atomic E-state index is -0.888. The average Bonchev–Trinajstić information content (AvgIpc) is 2.26. The lowest BCUT2D eigenvalue weighted by Crippen LogP contribution is -2.18. The van der Waals surface area contributed by atoms with Crippen molar-refractivity contribution < 1.29 is 14.9 Å². The van der Waals surface area contributed by atoms with Gasteiger partial charge in [-0.15, -0.1) is 0 Å². The summed E-state index contributed by atoms with van der Waals surface area (Å²) in [5, 5.41) is 19.7. The quantitative estimate of drug-likeness (QED) is 0.823. The fourth-order valence-electron chi connectivity index (χ4n) is 1.90. The molecule has 1 aromatic carbocycles. The first-order valence-electron chi connectivity index (χ1n) is 5.52. The molecule has 90 valence electrons. The molecule has 0 heterocycles. The fraction of sp³-hybridized carbons (Fsp3) is 0.538. The van der Waals surface area contributed by atoms with Gasteiger partial charge in [0.1, 0.15) is 11.9 Å². The molecule has 0 aromatic heterocycles. The van der Waals surface area contributed by atoms with E-state index in [2.05, 4.69) is 0 Å². The molecule has 16 heavy (non-hydrogen) atoms. The lowest BCUT2D eigenvalue weighted by atomic mass is 9.95. The summed E-state index contributed by atoms with van der Waals surface area (Å²) in [5.74, 6) is 0.637. The molecule has 2 N–H and O–H groups in total. The molecule has 0 aliphatic carbocycles. The Labute approximate surface area is 96.7 Å². The van der Waals surface area contributed by atoms with Crippen molar-refractivity contribution in [3.8, 4) is 5.75 Å². The topological polar surface area (TPSA) is 49.7 Å². The molecule has 0 aliphatic rings. The molecule has 0 saturated heterocycles. The summed E-state index contributed by atoms with van der Waals surface area (Å²) in [6.45, 7) is 5.72. The van der Waals surface area contributed by atoms with Gasteiger partial charge in [-0.1, -0.05) is 13.0 Å².